The molecule has 0 saturated heterocycles. The molecule has 5 aromatic carbocycles. The Morgan fingerprint density at radius 3 is 1.38 bits per heavy atom. The molecular formula is C40H19N7. The lowest BCUT2D eigenvalue weighted by atomic mass is 9.95. The van der Waals surface area contributed by atoms with Gasteiger partial charge in [-0.3, -0.25) is 4.98 Å². The third-order valence-corrected chi connectivity index (χ3v) is 8.30. The van der Waals surface area contributed by atoms with Crippen LogP contribution in [0.4, 0.5) is 0 Å². The van der Waals surface area contributed by atoms with Crippen LogP contribution in [0.15, 0.2) is 116 Å². The fourth-order valence-electron chi connectivity index (χ4n) is 6.10. The molecule has 7 aromatic rings. The highest BCUT2D eigenvalue weighted by molar-refractivity contribution is 6.12. The monoisotopic (exact) mass is 597 g/mol. The number of fused-ring (bicyclic) bond motifs is 3. The van der Waals surface area contributed by atoms with E-state index in [0.717, 1.165) is 49.7 Å². The normalized spacial score (nSPS) is 10.4. The molecule has 0 fully saturated rings. The maximum absolute atomic E-state index is 10.2. The zero-order valence-electron chi connectivity index (χ0n) is 24.6. The predicted octanol–water partition coefficient (Wildman–Crippen LogP) is 8.54. The summed E-state index contributed by atoms with van der Waals surface area (Å²) in [6.45, 7) is 0. The zero-order valence-corrected chi connectivity index (χ0v) is 24.6. The molecule has 0 saturated carbocycles. The number of pyridine rings is 1. The Kier molecular flexibility index (Phi) is 6.94. The first-order valence-corrected chi connectivity index (χ1v) is 14.5. The van der Waals surface area contributed by atoms with Crippen molar-refractivity contribution in [2.45, 2.75) is 0 Å². The van der Waals surface area contributed by atoms with Crippen LogP contribution in [-0.4, -0.2) is 9.55 Å². The van der Waals surface area contributed by atoms with E-state index < -0.39 is 0 Å². The number of aromatic nitrogens is 2. The highest BCUT2D eigenvalue weighted by Gasteiger charge is 2.18. The van der Waals surface area contributed by atoms with Crippen molar-refractivity contribution in [2.24, 2.45) is 0 Å². The van der Waals surface area contributed by atoms with E-state index in [-0.39, 0.29) is 0 Å². The Labute approximate surface area is 269 Å². The Balaban J connectivity index is 1.50. The van der Waals surface area contributed by atoms with Gasteiger partial charge in [-0.15, -0.1) is 0 Å². The fraction of sp³-hybridized carbons (Fsp3) is 0. The average Bonchev–Trinajstić information content (AvgIpc) is 3.47. The quantitative estimate of drug-likeness (QED) is 0.199. The first kappa shape index (κ1) is 28.3. The standard InChI is InChI=1S/C40H19N7/c41-20-25-1-6-35(30(15-25)22-43)28-3-9-39-37(18-28)38-19-29(36-7-2-26(21-42)16-31(36)23-44)4-10-40(38)47(39)33-5-8-34(32(17-33)24-45)27-11-13-46-14-12-27/h1-19H. The van der Waals surface area contributed by atoms with Crippen molar-refractivity contribution in [3.8, 4) is 69.4 Å². The summed E-state index contributed by atoms with van der Waals surface area (Å²) in [4.78, 5) is 4.10. The molecule has 0 radical (unpaired) electrons. The van der Waals surface area contributed by atoms with E-state index in [4.69, 9.17) is 0 Å². The van der Waals surface area contributed by atoms with Crippen molar-refractivity contribution < 1.29 is 0 Å². The highest BCUT2D eigenvalue weighted by Crippen LogP contribution is 2.39. The molecular weight excluding hydrogens is 578 g/mol. The van der Waals surface area contributed by atoms with E-state index in [1.807, 2.05) is 66.7 Å². The van der Waals surface area contributed by atoms with Crippen LogP contribution in [0.1, 0.15) is 27.8 Å². The number of hydrogen-bond acceptors (Lipinski definition) is 6. The minimum atomic E-state index is 0.398. The third-order valence-electron chi connectivity index (χ3n) is 8.30. The Hall–Kier alpha value is -7.50. The number of nitriles is 5. The smallest absolute Gasteiger partial charge is 0.0998 e. The van der Waals surface area contributed by atoms with Gasteiger partial charge in [-0.05, 0) is 106 Å². The van der Waals surface area contributed by atoms with Crippen LogP contribution < -0.4 is 0 Å². The van der Waals surface area contributed by atoms with Crippen molar-refractivity contribution in [2.75, 3.05) is 0 Å². The highest BCUT2D eigenvalue weighted by atomic mass is 15.0. The lowest BCUT2D eigenvalue weighted by Gasteiger charge is -2.12. The van der Waals surface area contributed by atoms with Crippen molar-refractivity contribution >= 4 is 21.8 Å². The Morgan fingerprint density at radius 1 is 0.426 bits per heavy atom. The van der Waals surface area contributed by atoms with Gasteiger partial charge in [0, 0.05) is 28.9 Å². The summed E-state index contributed by atoms with van der Waals surface area (Å²) in [5.41, 5.74) is 9.43. The molecule has 2 heterocycles. The van der Waals surface area contributed by atoms with Gasteiger partial charge in [0.05, 0.1) is 69.2 Å². The van der Waals surface area contributed by atoms with Gasteiger partial charge in [-0.1, -0.05) is 30.3 Å². The molecule has 0 aliphatic heterocycles. The second kappa shape index (κ2) is 11.5. The van der Waals surface area contributed by atoms with Crippen molar-refractivity contribution in [1.29, 1.82) is 26.3 Å². The van der Waals surface area contributed by atoms with Crippen LogP contribution in [0.5, 0.6) is 0 Å². The van der Waals surface area contributed by atoms with Crippen LogP contribution in [0, 0.1) is 56.7 Å². The number of benzene rings is 5. The van der Waals surface area contributed by atoms with Crippen LogP contribution in [0.3, 0.4) is 0 Å². The van der Waals surface area contributed by atoms with Crippen molar-refractivity contribution in [3.63, 3.8) is 0 Å². The molecule has 7 nitrogen and oxygen atoms in total. The number of nitrogens with zero attached hydrogens (tertiary/aromatic N) is 7. The number of hydrogen-bond donors (Lipinski definition) is 0. The lowest BCUT2D eigenvalue weighted by Crippen LogP contribution is -1.96. The van der Waals surface area contributed by atoms with Crippen molar-refractivity contribution in [1.82, 2.24) is 9.55 Å². The molecule has 0 N–H and O–H groups in total. The summed E-state index contributed by atoms with van der Waals surface area (Å²) in [7, 11) is 0. The summed E-state index contributed by atoms with van der Waals surface area (Å²) in [5, 5.41) is 50.5. The second-order valence-electron chi connectivity index (χ2n) is 10.8. The maximum Gasteiger partial charge on any atom is 0.0998 e. The van der Waals surface area contributed by atoms with Crippen LogP contribution >= 0.6 is 0 Å². The Bertz CT molecular complexity index is 2500. The van der Waals surface area contributed by atoms with E-state index in [2.05, 4.69) is 39.9 Å². The van der Waals surface area contributed by atoms with Crippen LogP contribution in [-0.2, 0) is 0 Å². The predicted molar refractivity (Wildman–Crippen MR) is 178 cm³/mol. The summed E-state index contributed by atoms with van der Waals surface area (Å²) >= 11 is 0. The lowest BCUT2D eigenvalue weighted by molar-refractivity contribution is 1.18. The molecule has 47 heavy (non-hydrogen) atoms. The van der Waals surface area contributed by atoms with E-state index in [9.17, 15) is 26.3 Å². The topological polar surface area (TPSA) is 137 Å². The largest absolute Gasteiger partial charge is 0.309 e. The third kappa shape index (κ3) is 4.79. The van der Waals surface area contributed by atoms with Gasteiger partial charge in [0.1, 0.15) is 0 Å². The van der Waals surface area contributed by atoms with Crippen LogP contribution in [0.25, 0.3) is 60.9 Å². The maximum atomic E-state index is 10.2. The van der Waals surface area contributed by atoms with E-state index in [1.54, 1.807) is 48.8 Å². The van der Waals surface area contributed by atoms with Gasteiger partial charge >= 0.3 is 0 Å². The molecule has 0 spiro atoms. The molecule has 0 atom stereocenters. The fourth-order valence-corrected chi connectivity index (χ4v) is 6.10. The first-order valence-electron chi connectivity index (χ1n) is 14.5. The molecule has 0 bridgehead atoms. The summed E-state index contributed by atoms with van der Waals surface area (Å²) in [5.74, 6) is 0. The Morgan fingerprint density at radius 2 is 0.894 bits per heavy atom. The molecule has 214 valence electrons. The van der Waals surface area contributed by atoms with Gasteiger partial charge in [-0.25, -0.2) is 0 Å². The molecule has 0 aliphatic rings. The van der Waals surface area contributed by atoms with Crippen LogP contribution in [0.2, 0.25) is 0 Å². The van der Waals surface area contributed by atoms with Gasteiger partial charge in [0.25, 0.3) is 0 Å². The average molecular weight is 598 g/mol. The van der Waals surface area contributed by atoms with Crippen molar-refractivity contribution in [3.05, 3.63) is 143 Å². The molecule has 0 amide bonds. The van der Waals surface area contributed by atoms with Gasteiger partial charge in [-0.2, -0.15) is 26.3 Å². The van der Waals surface area contributed by atoms with E-state index in [1.165, 1.54) is 0 Å². The summed E-state index contributed by atoms with van der Waals surface area (Å²) in [6.07, 6.45) is 3.40. The zero-order chi connectivity index (χ0) is 32.5. The van der Waals surface area contributed by atoms with E-state index in [0.29, 0.717) is 38.9 Å². The second-order valence-corrected chi connectivity index (χ2v) is 10.8. The van der Waals surface area contributed by atoms with Gasteiger partial charge < -0.3 is 4.57 Å². The SMILES string of the molecule is N#Cc1ccc(-c2ccc3c(c2)c2cc(-c4ccc(C#N)cc4C#N)ccc2n3-c2ccc(-c3ccncc3)c(C#N)c2)c(C#N)c1. The minimum absolute atomic E-state index is 0.398. The first-order chi connectivity index (χ1) is 23.1. The molecule has 0 unspecified atom stereocenters. The molecule has 2 aromatic heterocycles. The van der Waals surface area contributed by atoms with Gasteiger partial charge in [0.2, 0.25) is 0 Å². The number of rotatable bonds is 4. The van der Waals surface area contributed by atoms with Gasteiger partial charge in [0.15, 0.2) is 0 Å². The summed E-state index contributed by atoms with van der Waals surface area (Å²) < 4.78 is 2.10. The van der Waals surface area contributed by atoms with E-state index >= 15 is 0 Å². The molecule has 7 heteroatoms. The minimum Gasteiger partial charge on any atom is -0.309 e. The molecule has 7 rings (SSSR count). The summed E-state index contributed by atoms with van der Waals surface area (Å²) in [6, 6.07) is 42.6. The molecule has 0 aliphatic carbocycles.